The summed E-state index contributed by atoms with van der Waals surface area (Å²) in [7, 11) is 0. The minimum absolute atomic E-state index is 0. The molecule has 0 nitrogen and oxygen atoms in total. The van der Waals surface area contributed by atoms with Crippen LogP contribution in [0.2, 0.25) is 0 Å². The Bertz CT molecular complexity index is 391. The van der Waals surface area contributed by atoms with Crippen LogP contribution in [0.25, 0.3) is 0 Å². The van der Waals surface area contributed by atoms with Crippen LogP contribution in [-0.2, 0) is 0 Å². The maximum atomic E-state index is 2.26. The van der Waals surface area contributed by atoms with E-state index in [-0.39, 0.29) is 45.7 Å². The largest absolute Gasteiger partial charge is 0.147 e. The van der Waals surface area contributed by atoms with Gasteiger partial charge in [0.1, 0.15) is 0 Å². The second-order valence-electron chi connectivity index (χ2n) is 3.73. The van der Waals surface area contributed by atoms with Crippen LogP contribution in [0.1, 0.15) is 11.1 Å². The van der Waals surface area contributed by atoms with Crippen molar-refractivity contribution in [2.75, 3.05) is 0 Å². The van der Waals surface area contributed by atoms with E-state index in [2.05, 4.69) is 62.4 Å². The minimum Gasteiger partial charge on any atom is -0.147 e. The van der Waals surface area contributed by atoms with Crippen LogP contribution < -0.4 is 7.22 Å². The topological polar surface area (TPSA) is 0 Å². The molecule has 0 saturated carbocycles. The molecule has 0 atom stereocenters. The predicted octanol–water partition coefficient (Wildman–Crippen LogP) is 2.80. The zero-order chi connectivity index (χ0) is 10.7. The Hall–Kier alpha value is -0.190. The van der Waals surface area contributed by atoms with Gasteiger partial charge >= 0.3 is 102 Å². The molecule has 0 amide bonds. The van der Waals surface area contributed by atoms with Gasteiger partial charge in [-0.15, -0.1) is 24.8 Å². The van der Waals surface area contributed by atoms with E-state index in [4.69, 9.17) is 0 Å². The van der Waals surface area contributed by atoms with Gasteiger partial charge < -0.3 is 0 Å². The van der Waals surface area contributed by atoms with Gasteiger partial charge in [0.2, 0.25) is 0 Å². The van der Waals surface area contributed by atoms with Crippen LogP contribution in [0.4, 0.5) is 0 Å². The van der Waals surface area contributed by atoms with Gasteiger partial charge in [-0.05, 0) is 0 Å². The second-order valence-corrected chi connectivity index (χ2v) is 7.00. The number of hydrogen-bond donors (Lipinski definition) is 0. The van der Waals surface area contributed by atoms with Crippen molar-refractivity contribution in [3.8, 4) is 0 Å². The van der Waals surface area contributed by atoms with Crippen LogP contribution in [0.3, 0.4) is 0 Å². The van der Waals surface area contributed by atoms with Crippen molar-refractivity contribution in [2.24, 2.45) is 0 Å². The van der Waals surface area contributed by atoms with E-state index in [1.165, 1.54) is 18.3 Å². The van der Waals surface area contributed by atoms with E-state index >= 15 is 0 Å². The average molecular weight is 383 g/mol. The van der Waals surface area contributed by atoms with Crippen molar-refractivity contribution in [1.82, 2.24) is 0 Å². The molecule has 0 aliphatic rings. The first-order valence-corrected chi connectivity index (χ1v) is 7.38. The van der Waals surface area contributed by atoms with Crippen LogP contribution in [-0.4, -0.2) is 20.9 Å². The third-order valence-corrected chi connectivity index (χ3v) is 5.18. The maximum absolute atomic E-state index is 2.26. The SMILES string of the molecule is Cc1ccc([Te+]c2ccc(C)cc2)cc1.Cl.Cl. The molecule has 3 heteroatoms. The molecule has 0 spiro atoms. The Morgan fingerprint density at radius 1 is 0.588 bits per heavy atom. The van der Waals surface area contributed by atoms with E-state index in [1.54, 1.807) is 0 Å². The molecule has 0 aliphatic heterocycles. The van der Waals surface area contributed by atoms with Crippen LogP contribution >= 0.6 is 24.8 Å². The fourth-order valence-electron chi connectivity index (χ4n) is 1.35. The third kappa shape index (κ3) is 5.32. The Labute approximate surface area is 126 Å². The summed E-state index contributed by atoms with van der Waals surface area (Å²) in [6.07, 6.45) is 0. The molecule has 2 aromatic carbocycles. The fourth-order valence-corrected chi connectivity index (χ4v) is 3.68. The molecule has 0 saturated heterocycles. The van der Waals surface area contributed by atoms with Crippen molar-refractivity contribution < 1.29 is 0 Å². The van der Waals surface area contributed by atoms with E-state index in [0.29, 0.717) is 0 Å². The molecule has 91 valence electrons. The van der Waals surface area contributed by atoms with Gasteiger partial charge in [0.25, 0.3) is 0 Å². The molecule has 0 aliphatic carbocycles. The summed E-state index contributed by atoms with van der Waals surface area (Å²) < 4.78 is 3.02. The standard InChI is InChI=1S/C14H14Te.2ClH/c1-11-3-7-13(8-4-11)15-14-9-5-12(2)6-10-14;;/h3-10H,1-2H3;2*1H/q+1;;. The van der Waals surface area contributed by atoms with Gasteiger partial charge in [-0.3, -0.25) is 0 Å². The van der Waals surface area contributed by atoms with Crippen LogP contribution in [0, 0.1) is 13.8 Å². The summed E-state index contributed by atoms with van der Waals surface area (Å²) in [6.45, 7) is 4.27. The van der Waals surface area contributed by atoms with E-state index in [1.807, 2.05) is 0 Å². The smallest absolute Gasteiger partial charge is 0.147 e. The Kier molecular flexibility index (Phi) is 7.92. The van der Waals surface area contributed by atoms with Gasteiger partial charge in [0.05, 0.1) is 0 Å². The van der Waals surface area contributed by atoms with Gasteiger partial charge in [-0.25, -0.2) is 0 Å². The number of rotatable bonds is 2. The summed E-state index contributed by atoms with van der Waals surface area (Å²) in [6, 6.07) is 17.9. The van der Waals surface area contributed by atoms with Gasteiger partial charge in [0.15, 0.2) is 0 Å². The van der Waals surface area contributed by atoms with Gasteiger partial charge in [0, 0.05) is 0 Å². The first-order valence-electron chi connectivity index (χ1n) is 5.05. The van der Waals surface area contributed by atoms with Crippen molar-refractivity contribution in [2.45, 2.75) is 13.8 Å². The molecule has 0 fully saturated rings. The average Bonchev–Trinajstić information content (AvgIpc) is 2.25. The summed E-state index contributed by atoms with van der Waals surface area (Å²) in [5.41, 5.74) is 2.69. The van der Waals surface area contributed by atoms with Crippen molar-refractivity contribution in [3.05, 3.63) is 59.7 Å². The van der Waals surface area contributed by atoms with E-state index in [0.717, 1.165) is 0 Å². The summed E-state index contributed by atoms with van der Waals surface area (Å²) in [5, 5.41) is 0. The maximum Gasteiger partial charge on any atom is -0.147 e. The van der Waals surface area contributed by atoms with Crippen molar-refractivity contribution >= 4 is 53.0 Å². The molecular formula is C14H16Cl2Te+. The molecule has 0 aromatic heterocycles. The van der Waals surface area contributed by atoms with Crippen LogP contribution in [0.5, 0.6) is 0 Å². The molecule has 0 unspecified atom stereocenters. The van der Waals surface area contributed by atoms with Crippen LogP contribution in [0.15, 0.2) is 48.5 Å². The number of aryl methyl sites for hydroxylation is 2. The molecule has 0 N–H and O–H groups in total. The molecular weight excluding hydrogens is 367 g/mol. The number of halogens is 2. The van der Waals surface area contributed by atoms with Crippen molar-refractivity contribution in [3.63, 3.8) is 0 Å². The molecule has 0 bridgehead atoms. The fraction of sp³-hybridized carbons (Fsp3) is 0.143. The summed E-state index contributed by atoms with van der Waals surface area (Å²) in [5.74, 6) is 0. The second kappa shape index (κ2) is 8.01. The quantitative estimate of drug-likeness (QED) is 0.701. The Balaban J connectivity index is 0.00000128. The number of hydrogen-bond acceptors (Lipinski definition) is 0. The van der Waals surface area contributed by atoms with Crippen molar-refractivity contribution in [1.29, 1.82) is 0 Å². The monoisotopic (exact) mass is 384 g/mol. The zero-order valence-corrected chi connectivity index (χ0v) is 13.8. The molecule has 1 radical (unpaired) electrons. The Morgan fingerprint density at radius 2 is 0.882 bits per heavy atom. The van der Waals surface area contributed by atoms with Gasteiger partial charge in [-0.2, -0.15) is 0 Å². The molecule has 0 heterocycles. The predicted molar refractivity (Wildman–Crippen MR) is 81.9 cm³/mol. The summed E-state index contributed by atoms with van der Waals surface area (Å²) >= 11 is -0.183. The number of benzene rings is 2. The first-order chi connectivity index (χ1) is 7.24. The molecule has 2 rings (SSSR count). The van der Waals surface area contributed by atoms with Gasteiger partial charge in [-0.1, -0.05) is 0 Å². The van der Waals surface area contributed by atoms with E-state index in [9.17, 15) is 0 Å². The summed E-state index contributed by atoms with van der Waals surface area (Å²) in [4.78, 5) is 0. The third-order valence-electron chi connectivity index (χ3n) is 2.28. The Morgan fingerprint density at radius 3 is 1.18 bits per heavy atom. The zero-order valence-electron chi connectivity index (χ0n) is 9.84. The molecule has 17 heavy (non-hydrogen) atoms. The minimum atomic E-state index is -0.183. The first kappa shape index (κ1) is 16.8. The molecule has 2 aromatic rings. The normalized spacial score (nSPS) is 9.06. The van der Waals surface area contributed by atoms with E-state index < -0.39 is 0 Å².